The fourth-order valence-corrected chi connectivity index (χ4v) is 5.35. The SMILES string of the molecule is C[C@H]1CC2CN(C(=O)CCNC3(c4ncc(F)cc4F)CC3)CC1N2c1ccc(C#N)cn1. The lowest BCUT2D eigenvalue weighted by Crippen LogP contribution is -2.56. The lowest BCUT2D eigenvalue weighted by molar-refractivity contribution is -0.132. The van der Waals surface area contributed by atoms with Gasteiger partial charge in [0.15, 0.2) is 0 Å². The zero-order valence-corrected chi connectivity index (χ0v) is 18.5. The zero-order chi connectivity index (χ0) is 23.2. The minimum Gasteiger partial charge on any atom is -0.347 e. The van der Waals surface area contributed by atoms with Crippen molar-refractivity contribution >= 4 is 11.7 Å². The quantitative estimate of drug-likeness (QED) is 0.726. The van der Waals surface area contributed by atoms with Gasteiger partial charge in [-0.2, -0.15) is 5.26 Å². The fraction of sp³-hybridized carbons (Fsp3) is 0.500. The zero-order valence-electron chi connectivity index (χ0n) is 18.5. The van der Waals surface area contributed by atoms with Crippen LogP contribution in [-0.2, 0) is 10.3 Å². The van der Waals surface area contributed by atoms with Crippen molar-refractivity contribution in [2.24, 2.45) is 5.92 Å². The molecule has 2 bridgehead atoms. The number of likely N-dealkylation sites (tertiary alicyclic amines) is 1. The second-order valence-electron chi connectivity index (χ2n) is 9.40. The van der Waals surface area contributed by atoms with Gasteiger partial charge in [0, 0.05) is 44.4 Å². The molecule has 1 N–H and O–H groups in total. The second-order valence-corrected chi connectivity index (χ2v) is 9.40. The number of carbonyl (C=O) groups excluding carboxylic acids is 1. The maximum atomic E-state index is 14.2. The van der Waals surface area contributed by atoms with Crippen molar-refractivity contribution in [2.45, 2.75) is 50.2 Å². The number of hydrogen-bond donors (Lipinski definition) is 1. The van der Waals surface area contributed by atoms with Gasteiger partial charge in [-0.25, -0.2) is 13.8 Å². The van der Waals surface area contributed by atoms with Gasteiger partial charge < -0.3 is 15.1 Å². The summed E-state index contributed by atoms with van der Waals surface area (Å²) in [4.78, 5) is 25.6. The molecule has 33 heavy (non-hydrogen) atoms. The topological polar surface area (TPSA) is 85.2 Å². The highest BCUT2D eigenvalue weighted by molar-refractivity contribution is 5.77. The summed E-state index contributed by atoms with van der Waals surface area (Å²) >= 11 is 0. The van der Waals surface area contributed by atoms with Crippen LogP contribution in [0.1, 0.15) is 43.9 Å². The van der Waals surface area contributed by atoms with E-state index in [4.69, 9.17) is 5.26 Å². The third kappa shape index (κ3) is 4.04. The van der Waals surface area contributed by atoms with Gasteiger partial charge in [-0.1, -0.05) is 6.92 Å². The number of nitrogens with zero attached hydrogens (tertiary/aromatic N) is 5. The molecule has 2 saturated heterocycles. The van der Waals surface area contributed by atoms with E-state index >= 15 is 0 Å². The minimum absolute atomic E-state index is 0.0716. The summed E-state index contributed by atoms with van der Waals surface area (Å²) in [6.07, 6.45) is 5.36. The summed E-state index contributed by atoms with van der Waals surface area (Å²) < 4.78 is 27.4. The lowest BCUT2D eigenvalue weighted by atomic mass is 10.0. The van der Waals surface area contributed by atoms with Crippen LogP contribution in [0.4, 0.5) is 14.6 Å². The van der Waals surface area contributed by atoms with E-state index in [1.165, 1.54) is 0 Å². The molecule has 0 aromatic carbocycles. The van der Waals surface area contributed by atoms with E-state index < -0.39 is 17.2 Å². The van der Waals surface area contributed by atoms with Gasteiger partial charge in [-0.05, 0) is 37.3 Å². The first-order valence-electron chi connectivity index (χ1n) is 11.4. The molecule has 0 spiro atoms. The predicted octanol–water partition coefficient (Wildman–Crippen LogP) is 2.72. The maximum absolute atomic E-state index is 14.2. The van der Waals surface area contributed by atoms with Gasteiger partial charge in [0.1, 0.15) is 23.5 Å². The highest BCUT2D eigenvalue weighted by Crippen LogP contribution is 2.45. The number of hydrogen-bond acceptors (Lipinski definition) is 6. The third-order valence-corrected chi connectivity index (χ3v) is 7.20. The molecule has 172 valence electrons. The number of piperazine rings is 1. The molecule has 3 aliphatic rings. The highest BCUT2D eigenvalue weighted by Gasteiger charge is 2.48. The Kier molecular flexibility index (Phi) is 5.49. The number of anilines is 1. The van der Waals surface area contributed by atoms with Crippen molar-refractivity contribution in [2.75, 3.05) is 24.5 Å². The van der Waals surface area contributed by atoms with Crippen LogP contribution in [0.3, 0.4) is 0 Å². The van der Waals surface area contributed by atoms with E-state index in [1.54, 1.807) is 12.3 Å². The first kappa shape index (κ1) is 21.7. The molecule has 1 amide bonds. The molecule has 9 heteroatoms. The van der Waals surface area contributed by atoms with Gasteiger partial charge >= 0.3 is 0 Å². The van der Waals surface area contributed by atoms with E-state index in [-0.39, 0.29) is 23.7 Å². The Morgan fingerprint density at radius 1 is 1.27 bits per heavy atom. The molecule has 3 atom stereocenters. The number of amides is 1. The molecule has 7 nitrogen and oxygen atoms in total. The predicted molar refractivity (Wildman–Crippen MR) is 117 cm³/mol. The molecule has 0 radical (unpaired) electrons. The summed E-state index contributed by atoms with van der Waals surface area (Å²) in [5.74, 6) is 0.0190. The van der Waals surface area contributed by atoms with E-state index in [9.17, 15) is 13.6 Å². The van der Waals surface area contributed by atoms with Crippen LogP contribution in [0.15, 0.2) is 30.6 Å². The van der Waals surface area contributed by atoms with Crippen LogP contribution in [-0.4, -0.2) is 52.5 Å². The van der Waals surface area contributed by atoms with Crippen molar-refractivity contribution in [3.05, 3.63) is 53.5 Å². The van der Waals surface area contributed by atoms with Crippen molar-refractivity contribution in [1.82, 2.24) is 20.2 Å². The normalized spacial score (nSPS) is 25.1. The van der Waals surface area contributed by atoms with Gasteiger partial charge in [-0.3, -0.25) is 9.78 Å². The van der Waals surface area contributed by atoms with Crippen LogP contribution in [0.2, 0.25) is 0 Å². The molecule has 2 unspecified atom stereocenters. The Morgan fingerprint density at radius 2 is 2.09 bits per heavy atom. The van der Waals surface area contributed by atoms with Crippen LogP contribution < -0.4 is 10.2 Å². The second kappa shape index (κ2) is 8.34. The van der Waals surface area contributed by atoms with Crippen LogP contribution in [0.5, 0.6) is 0 Å². The molecule has 5 rings (SSSR count). The standard InChI is InChI=1S/C24H26F2N6O/c1-15-8-18-13-31(14-20(15)32(18)21-3-2-16(10-27)11-28-21)22(33)4-7-30-24(5-6-24)23-19(26)9-17(25)12-29-23/h2-3,9,11-12,15,18,20,30H,4-8,13-14H2,1H3/t15-,18?,20?/m0/s1. The number of carbonyl (C=O) groups is 1. The van der Waals surface area contributed by atoms with Crippen molar-refractivity contribution in [3.63, 3.8) is 0 Å². The van der Waals surface area contributed by atoms with Gasteiger partial charge in [0.25, 0.3) is 0 Å². The van der Waals surface area contributed by atoms with Gasteiger partial charge in [0.05, 0.1) is 29.0 Å². The summed E-state index contributed by atoms with van der Waals surface area (Å²) in [6, 6.07) is 7.00. The summed E-state index contributed by atoms with van der Waals surface area (Å²) in [6.45, 7) is 3.90. The monoisotopic (exact) mass is 452 g/mol. The average Bonchev–Trinajstić information content (AvgIpc) is 3.55. The molecule has 1 saturated carbocycles. The largest absolute Gasteiger partial charge is 0.347 e. The number of halogens is 2. The van der Waals surface area contributed by atoms with Gasteiger partial charge in [-0.15, -0.1) is 0 Å². The molecule has 2 aromatic rings. The average molecular weight is 453 g/mol. The summed E-state index contributed by atoms with van der Waals surface area (Å²) in [5.41, 5.74) is 0.169. The number of rotatable bonds is 6. The highest BCUT2D eigenvalue weighted by atomic mass is 19.1. The van der Waals surface area contributed by atoms with Crippen LogP contribution in [0.25, 0.3) is 0 Å². The van der Waals surface area contributed by atoms with E-state index in [1.807, 2.05) is 11.0 Å². The van der Waals surface area contributed by atoms with E-state index in [0.717, 1.165) is 24.5 Å². The maximum Gasteiger partial charge on any atom is 0.223 e. The Bertz CT molecular complexity index is 1100. The Labute approximate surface area is 191 Å². The Morgan fingerprint density at radius 3 is 2.73 bits per heavy atom. The molecule has 2 aromatic heterocycles. The van der Waals surface area contributed by atoms with Crippen molar-refractivity contribution < 1.29 is 13.6 Å². The minimum atomic E-state index is -0.693. The van der Waals surface area contributed by atoms with E-state index in [0.29, 0.717) is 50.4 Å². The Hall–Kier alpha value is -3.12. The summed E-state index contributed by atoms with van der Waals surface area (Å²) in [7, 11) is 0. The number of nitrogens with one attached hydrogen (secondary N) is 1. The molecule has 4 heterocycles. The first-order valence-corrected chi connectivity index (χ1v) is 11.4. The van der Waals surface area contributed by atoms with E-state index in [2.05, 4.69) is 33.2 Å². The fourth-order valence-electron chi connectivity index (χ4n) is 5.35. The number of nitriles is 1. The molecule has 3 fully saturated rings. The first-order chi connectivity index (χ1) is 15.9. The third-order valence-electron chi connectivity index (χ3n) is 7.20. The smallest absolute Gasteiger partial charge is 0.223 e. The van der Waals surface area contributed by atoms with Gasteiger partial charge in [0.2, 0.25) is 5.91 Å². The lowest BCUT2D eigenvalue weighted by Gasteiger charge is -2.42. The molecule has 2 aliphatic heterocycles. The number of fused-ring (bicyclic) bond motifs is 2. The van der Waals surface area contributed by atoms with Crippen LogP contribution in [0, 0.1) is 28.9 Å². The summed E-state index contributed by atoms with van der Waals surface area (Å²) in [5, 5.41) is 12.3. The van der Waals surface area contributed by atoms with Crippen molar-refractivity contribution in [3.8, 4) is 6.07 Å². The molecule has 1 aliphatic carbocycles. The van der Waals surface area contributed by atoms with Crippen molar-refractivity contribution in [1.29, 1.82) is 5.26 Å². The van der Waals surface area contributed by atoms with Crippen LogP contribution >= 0.6 is 0 Å². The Balaban J connectivity index is 1.19. The molecular formula is C24H26F2N6O. The number of aromatic nitrogens is 2. The molecular weight excluding hydrogens is 426 g/mol. The number of pyridine rings is 2.